The van der Waals surface area contributed by atoms with Crippen LogP contribution in [0.15, 0.2) is 48.5 Å². The Balaban J connectivity index is 1.63. The van der Waals surface area contributed by atoms with Crippen LogP contribution in [0.3, 0.4) is 0 Å². The van der Waals surface area contributed by atoms with Gasteiger partial charge in [-0.25, -0.2) is 0 Å². The first-order valence-electron chi connectivity index (χ1n) is 8.28. The molecule has 3 nitrogen and oxygen atoms in total. The molecule has 1 amide bonds. The van der Waals surface area contributed by atoms with E-state index in [-0.39, 0.29) is 5.91 Å². The van der Waals surface area contributed by atoms with Crippen LogP contribution in [-0.2, 0) is 0 Å². The average Bonchev–Trinajstić information content (AvgIpc) is 2.57. The topological polar surface area (TPSA) is 32.3 Å². The van der Waals surface area contributed by atoms with E-state index in [4.69, 9.17) is 0 Å². The van der Waals surface area contributed by atoms with E-state index >= 15 is 0 Å². The molecule has 0 radical (unpaired) electrons. The molecule has 1 N–H and O–H groups in total. The number of amides is 1. The third-order valence-electron chi connectivity index (χ3n) is 4.67. The lowest BCUT2D eigenvalue weighted by molar-refractivity contribution is 0.102. The van der Waals surface area contributed by atoms with Crippen molar-refractivity contribution in [1.82, 2.24) is 4.90 Å². The minimum atomic E-state index is -0.0583. The van der Waals surface area contributed by atoms with E-state index in [2.05, 4.69) is 29.4 Å². The Bertz CT molecular complexity index is 653. The van der Waals surface area contributed by atoms with Crippen molar-refractivity contribution in [3.63, 3.8) is 0 Å². The summed E-state index contributed by atoms with van der Waals surface area (Å²) in [6.07, 6.45) is 2.43. The number of hydrogen-bond donors (Lipinski definition) is 1. The van der Waals surface area contributed by atoms with Gasteiger partial charge in [-0.3, -0.25) is 4.79 Å². The second kappa shape index (κ2) is 6.97. The molecule has 0 spiro atoms. The first-order valence-corrected chi connectivity index (χ1v) is 8.28. The molecule has 23 heavy (non-hydrogen) atoms. The highest BCUT2D eigenvalue weighted by Crippen LogP contribution is 2.28. The van der Waals surface area contributed by atoms with Crippen molar-refractivity contribution in [2.45, 2.75) is 25.7 Å². The van der Waals surface area contributed by atoms with Crippen molar-refractivity contribution in [3.8, 4) is 0 Å². The fourth-order valence-electron chi connectivity index (χ4n) is 3.09. The zero-order valence-electron chi connectivity index (χ0n) is 13.9. The summed E-state index contributed by atoms with van der Waals surface area (Å²) >= 11 is 0. The zero-order chi connectivity index (χ0) is 16.2. The number of carbonyl (C=O) groups is 1. The van der Waals surface area contributed by atoms with E-state index in [1.807, 2.05) is 43.3 Å². The van der Waals surface area contributed by atoms with Crippen molar-refractivity contribution < 1.29 is 4.79 Å². The van der Waals surface area contributed by atoms with Gasteiger partial charge in [0.05, 0.1) is 0 Å². The number of benzene rings is 2. The molecule has 0 atom stereocenters. The van der Waals surface area contributed by atoms with E-state index < -0.39 is 0 Å². The van der Waals surface area contributed by atoms with Gasteiger partial charge in [0.2, 0.25) is 0 Å². The minimum absolute atomic E-state index is 0.0583. The predicted molar refractivity (Wildman–Crippen MR) is 95.0 cm³/mol. The Morgan fingerprint density at radius 3 is 2.22 bits per heavy atom. The van der Waals surface area contributed by atoms with Crippen molar-refractivity contribution in [3.05, 3.63) is 65.2 Å². The van der Waals surface area contributed by atoms with E-state index in [0.29, 0.717) is 11.5 Å². The summed E-state index contributed by atoms with van der Waals surface area (Å²) in [5, 5.41) is 2.97. The summed E-state index contributed by atoms with van der Waals surface area (Å²) in [4.78, 5) is 14.6. The van der Waals surface area contributed by atoms with E-state index in [1.54, 1.807) is 0 Å². The van der Waals surface area contributed by atoms with Crippen molar-refractivity contribution in [2.24, 2.45) is 0 Å². The Morgan fingerprint density at radius 2 is 1.61 bits per heavy atom. The maximum atomic E-state index is 12.2. The zero-order valence-corrected chi connectivity index (χ0v) is 13.9. The molecular weight excluding hydrogens is 284 g/mol. The molecule has 2 aromatic rings. The Hall–Kier alpha value is -2.13. The summed E-state index contributed by atoms with van der Waals surface area (Å²) in [6.45, 7) is 4.34. The van der Waals surface area contributed by atoms with Crippen LogP contribution in [0.5, 0.6) is 0 Å². The quantitative estimate of drug-likeness (QED) is 0.927. The van der Waals surface area contributed by atoms with Crippen molar-refractivity contribution in [2.75, 3.05) is 25.5 Å². The fourth-order valence-corrected chi connectivity index (χ4v) is 3.09. The normalized spacial score (nSPS) is 16.3. The molecule has 3 rings (SSSR count). The number of carbonyl (C=O) groups excluding carboxylic acids is 1. The Labute approximate surface area is 138 Å². The third kappa shape index (κ3) is 3.99. The molecule has 1 aliphatic heterocycles. The number of hydrogen-bond acceptors (Lipinski definition) is 2. The largest absolute Gasteiger partial charge is 0.322 e. The van der Waals surface area contributed by atoms with Gasteiger partial charge in [0.1, 0.15) is 0 Å². The Kier molecular flexibility index (Phi) is 4.77. The monoisotopic (exact) mass is 308 g/mol. The lowest BCUT2D eigenvalue weighted by atomic mass is 9.89. The molecule has 1 saturated heterocycles. The Morgan fingerprint density at radius 1 is 1.00 bits per heavy atom. The number of piperidine rings is 1. The molecule has 0 bridgehead atoms. The summed E-state index contributed by atoms with van der Waals surface area (Å²) < 4.78 is 0. The van der Waals surface area contributed by atoms with Crippen LogP contribution in [0.25, 0.3) is 0 Å². The van der Waals surface area contributed by atoms with Gasteiger partial charge in [-0.15, -0.1) is 0 Å². The lowest BCUT2D eigenvalue weighted by Crippen LogP contribution is -2.29. The number of rotatable bonds is 3. The van der Waals surface area contributed by atoms with Crippen LogP contribution in [0, 0.1) is 6.92 Å². The van der Waals surface area contributed by atoms with Gasteiger partial charge < -0.3 is 10.2 Å². The summed E-state index contributed by atoms with van der Waals surface area (Å²) in [6, 6.07) is 16.0. The van der Waals surface area contributed by atoms with Gasteiger partial charge in [-0.05, 0) is 75.6 Å². The van der Waals surface area contributed by atoms with Crippen molar-refractivity contribution >= 4 is 11.6 Å². The second-order valence-electron chi connectivity index (χ2n) is 6.52. The molecule has 1 heterocycles. The van der Waals surface area contributed by atoms with E-state index in [0.717, 1.165) is 24.3 Å². The van der Waals surface area contributed by atoms with Crippen LogP contribution in [0.1, 0.15) is 40.2 Å². The molecule has 0 aliphatic carbocycles. The minimum Gasteiger partial charge on any atom is -0.322 e. The number of anilines is 1. The van der Waals surface area contributed by atoms with Gasteiger partial charge in [0, 0.05) is 11.3 Å². The van der Waals surface area contributed by atoms with Crippen LogP contribution in [0.2, 0.25) is 0 Å². The maximum absolute atomic E-state index is 12.2. The molecule has 120 valence electrons. The first kappa shape index (κ1) is 15.8. The predicted octanol–water partition coefficient (Wildman–Crippen LogP) is 4.06. The highest BCUT2D eigenvalue weighted by Gasteiger charge is 2.18. The molecule has 2 aromatic carbocycles. The lowest BCUT2D eigenvalue weighted by Gasteiger charge is -2.29. The van der Waals surface area contributed by atoms with Crippen LogP contribution >= 0.6 is 0 Å². The van der Waals surface area contributed by atoms with Gasteiger partial charge in [0.25, 0.3) is 5.91 Å². The van der Waals surface area contributed by atoms with Gasteiger partial charge >= 0.3 is 0 Å². The fraction of sp³-hybridized carbons (Fsp3) is 0.350. The first-order chi connectivity index (χ1) is 11.1. The molecule has 0 saturated carbocycles. The molecule has 1 fully saturated rings. The highest BCUT2D eigenvalue weighted by atomic mass is 16.1. The number of likely N-dealkylation sites (tertiary alicyclic amines) is 1. The summed E-state index contributed by atoms with van der Waals surface area (Å²) in [5.74, 6) is 0.588. The number of nitrogens with zero attached hydrogens (tertiary/aromatic N) is 1. The highest BCUT2D eigenvalue weighted by molar-refractivity contribution is 6.04. The molecule has 0 aromatic heterocycles. The average molecular weight is 308 g/mol. The van der Waals surface area contributed by atoms with Crippen molar-refractivity contribution in [1.29, 1.82) is 0 Å². The molecule has 3 heteroatoms. The molecular formula is C20H24N2O. The van der Waals surface area contributed by atoms with E-state index in [1.165, 1.54) is 18.4 Å². The summed E-state index contributed by atoms with van der Waals surface area (Å²) in [7, 11) is 2.18. The van der Waals surface area contributed by atoms with Crippen LogP contribution in [0.4, 0.5) is 5.69 Å². The van der Waals surface area contributed by atoms with Crippen LogP contribution < -0.4 is 5.32 Å². The van der Waals surface area contributed by atoms with Crippen LogP contribution in [-0.4, -0.2) is 30.9 Å². The molecule has 1 aliphatic rings. The van der Waals surface area contributed by atoms with E-state index in [9.17, 15) is 4.79 Å². The van der Waals surface area contributed by atoms with Gasteiger partial charge in [-0.2, -0.15) is 0 Å². The smallest absolute Gasteiger partial charge is 0.255 e. The van der Waals surface area contributed by atoms with Gasteiger partial charge in [-0.1, -0.05) is 29.8 Å². The summed E-state index contributed by atoms with van der Waals surface area (Å²) in [5.41, 5.74) is 4.08. The number of aryl methyl sites for hydroxylation is 1. The van der Waals surface area contributed by atoms with Gasteiger partial charge in [0.15, 0.2) is 0 Å². The number of nitrogens with one attached hydrogen (secondary N) is 1. The maximum Gasteiger partial charge on any atom is 0.255 e. The SMILES string of the molecule is Cc1ccc(C(=O)Nc2ccc(C3CCN(C)CC3)cc2)cc1. The standard InChI is InChI=1S/C20H24N2O/c1-15-3-5-18(6-4-15)20(23)21-19-9-7-16(8-10-19)17-11-13-22(2)14-12-17/h3-10,17H,11-14H2,1-2H3,(H,21,23). The third-order valence-corrected chi connectivity index (χ3v) is 4.67. The molecule has 0 unspecified atom stereocenters. The second-order valence-corrected chi connectivity index (χ2v) is 6.52.